The molecule has 2 amide bonds. The summed E-state index contributed by atoms with van der Waals surface area (Å²) in [7, 11) is 0. The van der Waals surface area contributed by atoms with Crippen molar-refractivity contribution in [1.29, 1.82) is 0 Å². The van der Waals surface area contributed by atoms with E-state index >= 15 is 0 Å². The second-order valence-corrected chi connectivity index (χ2v) is 18.7. The number of urea groups is 1. The zero-order valence-electron chi connectivity index (χ0n) is 31.6. The van der Waals surface area contributed by atoms with Crippen molar-refractivity contribution in [2.45, 2.75) is 138 Å². The Balaban J connectivity index is 1.28. The number of hydrogen-bond donors (Lipinski definition) is 3. The van der Waals surface area contributed by atoms with Crippen molar-refractivity contribution in [1.82, 2.24) is 15.3 Å². The molecule has 0 aromatic carbocycles. The topological polar surface area (TPSA) is 148 Å². The van der Waals surface area contributed by atoms with Gasteiger partial charge in [-0.1, -0.05) is 48.5 Å². The van der Waals surface area contributed by atoms with Crippen LogP contribution in [0.4, 0.5) is 10.5 Å². The van der Waals surface area contributed by atoms with Gasteiger partial charge in [-0.05, 0) is 116 Å². The lowest BCUT2D eigenvalue weighted by Gasteiger charge is -2.72. The molecule has 5 aliphatic rings. The summed E-state index contributed by atoms with van der Waals surface area (Å²) in [6.45, 7) is 19.4. The lowest BCUT2D eigenvalue weighted by molar-refractivity contribution is -0.232. The Morgan fingerprint density at radius 3 is 2.26 bits per heavy atom. The highest BCUT2D eigenvalue weighted by Gasteiger charge is 2.70. The van der Waals surface area contributed by atoms with Crippen molar-refractivity contribution in [2.24, 2.45) is 50.7 Å². The number of aliphatic carboxylic acids is 1. The van der Waals surface area contributed by atoms with Crippen molar-refractivity contribution in [3.63, 3.8) is 0 Å². The largest absolute Gasteiger partial charge is 0.481 e. The Hall–Kier alpha value is -3.30. The smallest absolute Gasteiger partial charge is 0.320 e. The number of carbonyl (C=O) groups excluding carboxylic acids is 3. The Morgan fingerprint density at radius 1 is 0.940 bits per heavy atom. The number of aromatic nitrogens is 2. The van der Waals surface area contributed by atoms with Crippen LogP contribution in [0.25, 0.3) is 0 Å². The molecule has 5 aliphatic carbocycles. The normalized spacial score (nSPS) is 37.6. The Morgan fingerprint density at radius 2 is 1.62 bits per heavy atom. The number of nitrogens with one attached hydrogen (secondary N) is 2. The second-order valence-electron chi connectivity index (χ2n) is 18.7. The molecule has 0 saturated heterocycles. The number of anilines is 1. The van der Waals surface area contributed by atoms with Crippen LogP contribution in [0.3, 0.4) is 0 Å². The van der Waals surface area contributed by atoms with Crippen LogP contribution in [0.15, 0.2) is 29.9 Å². The van der Waals surface area contributed by atoms with Crippen LogP contribution in [0.5, 0.6) is 0 Å². The Labute approximate surface area is 297 Å². The van der Waals surface area contributed by atoms with Crippen LogP contribution in [0, 0.1) is 50.7 Å². The average Bonchev–Trinajstić information content (AvgIpc) is 3.30. The standard InChI is InChI=1S/C40H58N4O6/c1-23(2)31-26(45)18-40(44-34(49)43-24-20-41-22-42-21-24)17-16-38(8)25(32(31)40)10-11-28-37(7)14-13-29(50-30(46)19-35(3,4)33(47)48)36(5,6)27(37)12-15-39(28,38)9/h20-23,25,27-29H,10-19H2,1-9H3,(H,47,48)(H2,43,44,49)/t25-,27+,28-,29+,37+,38-,39-,40-/m1/s1. The summed E-state index contributed by atoms with van der Waals surface area (Å²) in [5.41, 5.74) is 0.464. The summed E-state index contributed by atoms with van der Waals surface area (Å²) in [6, 6.07) is -0.335. The number of ketones is 1. The van der Waals surface area contributed by atoms with E-state index in [-0.39, 0.29) is 57.8 Å². The van der Waals surface area contributed by atoms with Crippen molar-refractivity contribution in [3.05, 3.63) is 29.9 Å². The summed E-state index contributed by atoms with van der Waals surface area (Å²) in [5.74, 6) is -0.220. The van der Waals surface area contributed by atoms with E-state index in [1.165, 1.54) is 11.9 Å². The van der Waals surface area contributed by atoms with E-state index in [4.69, 9.17) is 4.74 Å². The summed E-state index contributed by atoms with van der Waals surface area (Å²) >= 11 is 0. The van der Waals surface area contributed by atoms with Crippen molar-refractivity contribution < 1.29 is 29.0 Å². The number of rotatable bonds is 7. The molecule has 274 valence electrons. The molecule has 3 N–H and O–H groups in total. The number of ether oxygens (including phenoxy) is 1. The van der Waals surface area contributed by atoms with Crippen LogP contribution in [-0.4, -0.2) is 50.5 Å². The molecule has 1 heterocycles. The molecule has 4 fully saturated rings. The number of carbonyl (C=O) groups is 4. The van der Waals surface area contributed by atoms with E-state index in [9.17, 15) is 24.3 Å². The number of fused-ring (bicyclic) bond motifs is 7. The van der Waals surface area contributed by atoms with Gasteiger partial charge >= 0.3 is 18.0 Å². The zero-order chi connectivity index (χ0) is 36.7. The molecule has 0 radical (unpaired) electrons. The third-order valence-electron chi connectivity index (χ3n) is 15.0. The fraction of sp³-hybridized carbons (Fsp3) is 0.750. The van der Waals surface area contributed by atoms with Gasteiger partial charge in [0.25, 0.3) is 0 Å². The molecule has 1 aromatic rings. The Kier molecular flexibility index (Phi) is 8.87. The molecule has 1 aromatic heterocycles. The van der Waals surface area contributed by atoms with Gasteiger partial charge in [0.05, 0.1) is 35.5 Å². The zero-order valence-corrected chi connectivity index (χ0v) is 31.6. The van der Waals surface area contributed by atoms with E-state index in [0.29, 0.717) is 30.4 Å². The monoisotopic (exact) mass is 690 g/mol. The van der Waals surface area contributed by atoms with Crippen molar-refractivity contribution >= 4 is 29.4 Å². The molecule has 0 unspecified atom stereocenters. The van der Waals surface area contributed by atoms with Crippen LogP contribution in [0.1, 0.15) is 127 Å². The van der Waals surface area contributed by atoms with Gasteiger partial charge in [0.2, 0.25) is 0 Å². The van der Waals surface area contributed by atoms with Crippen LogP contribution >= 0.6 is 0 Å². The number of amides is 2. The number of carboxylic acid groups (broad SMARTS) is 1. The first-order chi connectivity index (χ1) is 23.2. The van der Waals surface area contributed by atoms with E-state index < -0.39 is 22.9 Å². The molecule has 6 rings (SSSR count). The molecule has 0 aliphatic heterocycles. The minimum absolute atomic E-state index is 0.0167. The molecule has 10 heteroatoms. The average molecular weight is 691 g/mol. The van der Waals surface area contributed by atoms with Gasteiger partial charge in [0.1, 0.15) is 12.4 Å². The van der Waals surface area contributed by atoms with Crippen LogP contribution in [-0.2, 0) is 19.1 Å². The molecular formula is C40H58N4O6. The highest BCUT2D eigenvalue weighted by atomic mass is 16.5. The molecule has 4 saturated carbocycles. The van der Waals surface area contributed by atoms with E-state index in [2.05, 4.69) is 69.1 Å². The lowest BCUT2D eigenvalue weighted by Crippen LogP contribution is -2.67. The van der Waals surface area contributed by atoms with Crippen molar-refractivity contribution in [3.8, 4) is 0 Å². The fourth-order valence-corrected chi connectivity index (χ4v) is 12.3. The summed E-state index contributed by atoms with van der Waals surface area (Å²) in [6.07, 6.45) is 11.9. The van der Waals surface area contributed by atoms with Crippen molar-refractivity contribution in [2.75, 3.05) is 5.32 Å². The van der Waals surface area contributed by atoms with Gasteiger partial charge in [-0.2, -0.15) is 0 Å². The fourth-order valence-electron chi connectivity index (χ4n) is 12.3. The van der Waals surface area contributed by atoms with Gasteiger partial charge in [0.15, 0.2) is 5.78 Å². The van der Waals surface area contributed by atoms with Gasteiger partial charge in [0, 0.05) is 11.8 Å². The molecule has 10 nitrogen and oxygen atoms in total. The second kappa shape index (κ2) is 12.1. The van der Waals surface area contributed by atoms with Gasteiger partial charge < -0.3 is 20.5 Å². The highest BCUT2D eigenvalue weighted by molar-refractivity contribution is 6.03. The minimum atomic E-state index is -1.17. The number of esters is 1. The SMILES string of the molecule is CC(C)C1=C2[C@H]3CC[C@@H]4[C@@]5(C)CC[C@H](OC(=O)CC(C)(C)C(=O)O)C(C)(C)[C@@H]5CC[C@@]4(C)[C@]3(C)CC[C@@]2(NC(=O)Nc2cncnc2)CC1=O. The molecule has 0 spiro atoms. The molecule has 0 bridgehead atoms. The predicted molar refractivity (Wildman–Crippen MR) is 190 cm³/mol. The highest BCUT2D eigenvalue weighted by Crippen LogP contribution is 2.76. The number of Topliss-reactive ketones (excluding diaryl/α,β-unsaturated/α-hetero) is 1. The first kappa shape index (κ1) is 36.5. The van der Waals surface area contributed by atoms with Gasteiger partial charge in [-0.3, -0.25) is 14.4 Å². The predicted octanol–water partition coefficient (Wildman–Crippen LogP) is 7.74. The number of hydrogen-bond acceptors (Lipinski definition) is 7. The lowest BCUT2D eigenvalue weighted by atomic mass is 9.33. The maximum atomic E-state index is 13.9. The first-order valence-electron chi connectivity index (χ1n) is 18.8. The minimum Gasteiger partial charge on any atom is -0.481 e. The maximum Gasteiger partial charge on any atom is 0.320 e. The van der Waals surface area contributed by atoms with E-state index in [1.54, 1.807) is 26.2 Å². The van der Waals surface area contributed by atoms with Gasteiger partial charge in [-0.15, -0.1) is 0 Å². The Bertz CT molecular complexity index is 1600. The van der Waals surface area contributed by atoms with Gasteiger partial charge in [-0.25, -0.2) is 14.8 Å². The maximum absolute atomic E-state index is 13.9. The quantitative estimate of drug-likeness (QED) is 0.246. The third-order valence-corrected chi connectivity index (χ3v) is 15.0. The van der Waals surface area contributed by atoms with Crippen LogP contribution in [0.2, 0.25) is 0 Å². The van der Waals surface area contributed by atoms with Crippen LogP contribution < -0.4 is 10.6 Å². The molecule has 50 heavy (non-hydrogen) atoms. The van der Waals surface area contributed by atoms with E-state index in [1.807, 2.05) is 0 Å². The number of carboxylic acids is 1. The molecular weight excluding hydrogens is 632 g/mol. The third kappa shape index (κ3) is 5.49. The summed E-state index contributed by atoms with van der Waals surface area (Å²) in [4.78, 5) is 60.2. The summed E-state index contributed by atoms with van der Waals surface area (Å²) < 4.78 is 6.14. The molecule has 8 atom stereocenters. The van der Waals surface area contributed by atoms with E-state index in [0.717, 1.165) is 50.5 Å². The number of allylic oxidation sites excluding steroid dienone is 1. The summed E-state index contributed by atoms with van der Waals surface area (Å²) in [5, 5.41) is 15.8. The number of nitrogens with zero attached hydrogens (tertiary/aromatic N) is 2. The first-order valence-corrected chi connectivity index (χ1v) is 18.8.